The second kappa shape index (κ2) is 13.3. The van der Waals surface area contributed by atoms with Crippen molar-refractivity contribution in [2.24, 2.45) is 0 Å². The van der Waals surface area contributed by atoms with Crippen LogP contribution in [0.3, 0.4) is 0 Å². The third-order valence-electron chi connectivity index (χ3n) is 3.01. The van der Waals surface area contributed by atoms with Crippen LogP contribution in [0.25, 0.3) is 0 Å². The summed E-state index contributed by atoms with van der Waals surface area (Å²) < 4.78 is 25.8. The number of terminal acetylenes is 1. The summed E-state index contributed by atoms with van der Waals surface area (Å²) in [5, 5.41) is 2.87. The van der Waals surface area contributed by atoms with Crippen LogP contribution in [0.2, 0.25) is 0 Å². The molecule has 0 spiro atoms. The molecule has 1 rings (SSSR count). The Morgan fingerprint density at radius 2 is 1.90 bits per heavy atom. The lowest BCUT2D eigenvalue weighted by Gasteiger charge is -2.21. The third kappa shape index (κ3) is 10.2. The molecule has 1 N–H and O–H groups in total. The summed E-state index contributed by atoms with van der Waals surface area (Å²) in [5.74, 6) is 0.0829. The first-order chi connectivity index (χ1) is 9.57. The second-order valence-corrected chi connectivity index (χ2v) is 4.31. The molecule has 0 radical (unpaired) electrons. The predicted octanol–water partition coefficient (Wildman–Crippen LogP) is 4.02. The third-order valence-corrected chi connectivity index (χ3v) is 3.01. The normalized spacial score (nSPS) is 19.4. The Hall–Kier alpha value is -0.660. The van der Waals surface area contributed by atoms with Crippen molar-refractivity contribution in [2.45, 2.75) is 65.8 Å². The van der Waals surface area contributed by atoms with Gasteiger partial charge in [0.1, 0.15) is 0 Å². The van der Waals surface area contributed by atoms with Gasteiger partial charge in [0.25, 0.3) is 5.92 Å². The minimum Gasteiger partial charge on any atom is -0.308 e. The Bertz CT molecular complexity index is 255. The van der Waals surface area contributed by atoms with Crippen molar-refractivity contribution in [2.75, 3.05) is 26.2 Å². The average Bonchev–Trinajstić information content (AvgIpc) is 2.83. The minimum absolute atomic E-state index is 0. The lowest BCUT2D eigenvalue weighted by atomic mass is 10.1. The van der Waals surface area contributed by atoms with Gasteiger partial charge >= 0.3 is 0 Å². The Kier molecular flexibility index (Phi) is 14.4. The summed E-state index contributed by atoms with van der Waals surface area (Å²) >= 11 is 0. The van der Waals surface area contributed by atoms with Crippen LogP contribution in [0, 0.1) is 12.3 Å². The number of hydrogen-bond acceptors (Lipinski definition) is 2. The highest BCUT2D eigenvalue weighted by molar-refractivity contribution is 4.88. The van der Waals surface area contributed by atoms with Crippen LogP contribution in [0.4, 0.5) is 8.78 Å². The van der Waals surface area contributed by atoms with Gasteiger partial charge in [-0.05, 0) is 19.5 Å². The Morgan fingerprint density at radius 3 is 2.30 bits per heavy atom. The zero-order valence-corrected chi connectivity index (χ0v) is 13.8. The highest BCUT2D eigenvalue weighted by Crippen LogP contribution is 2.26. The maximum absolute atomic E-state index is 12.9. The smallest absolute Gasteiger partial charge is 0.261 e. The molecule has 1 aliphatic rings. The SMILES string of the molecule is C#CCCN(CC)CCC1CC(F)(F)CN1.CC.CC.[HH]. The maximum atomic E-state index is 12.9. The highest BCUT2D eigenvalue weighted by atomic mass is 19.3. The zero-order chi connectivity index (χ0) is 16.0. The van der Waals surface area contributed by atoms with Crippen LogP contribution in [0.15, 0.2) is 0 Å². The molecular weight excluding hydrogens is 258 g/mol. The van der Waals surface area contributed by atoms with Gasteiger partial charge in [-0.25, -0.2) is 8.78 Å². The van der Waals surface area contributed by atoms with Crippen LogP contribution < -0.4 is 5.32 Å². The molecule has 122 valence electrons. The number of rotatable bonds is 6. The lowest BCUT2D eigenvalue weighted by Crippen LogP contribution is -2.31. The first kappa shape index (κ1) is 21.6. The molecule has 1 heterocycles. The monoisotopic (exact) mass is 292 g/mol. The molecule has 0 aromatic heterocycles. The molecule has 1 fully saturated rings. The van der Waals surface area contributed by atoms with Crippen LogP contribution in [-0.2, 0) is 0 Å². The summed E-state index contributed by atoms with van der Waals surface area (Å²) in [5.41, 5.74) is 0. The van der Waals surface area contributed by atoms with Crippen molar-refractivity contribution < 1.29 is 10.2 Å². The van der Waals surface area contributed by atoms with E-state index in [2.05, 4.69) is 23.1 Å². The van der Waals surface area contributed by atoms with E-state index in [1.807, 2.05) is 27.7 Å². The van der Waals surface area contributed by atoms with E-state index in [4.69, 9.17) is 6.42 Å². The second-order valence-electron chi connectivity index (χ2n) is 4.31. The molecule has 20 heavy (non-hydrogen) atoms. The Labute approximate surface area is 125 Å². The van der Waals surface area contributed by atoms with E-state index in [1.165, 1.54) is 0 Å². The molecule has 2 nitrogen and oxygen atoms in total. The van der Waals surface area contributed by atoms with Gasteiger partial charge in [0, 0.05) is 26.9 Å². The summed E-state index contributed by atoms with van der Waals surface area (Å²) in [6, 6.07) is -0.0464. The van der Waals surface area contributed by atoms with E-state index < -0.39 is 5.92 Å². The van der Waals surface area contributed by atoms with Crippen molar-refractivity contribution in [3.8, 4) is 12.3 Å². The van der Waals surface area contributed by atoms with Gasteiger partial charge in [-0.1, -0.05) is 34.6 Å². The molecule has 4 heteroatoms. The fourth-order valence-corrected chi connectivity index (χ4v) is 1.99. The van der Waals surface area contributed by atoms with Crippen molar-refractivity contribution in [3.05, 3.63) is 0 Å². The van der Waals surface area contributed by atoms with Crippen LogP contribution >= 0.6 is 0 Å². The fourth-order valence-electron chi connectivity index (χ4n) is 1.99. The van der Waals surface area contributed by atoms with E-state index in [0.29, 0.717) is 0 Å². The van der Waals surface area contributed by atoms with Crippen LogP contribution in [-0.4, -0.2) is 43.0 Å². The van der Waals surface area contributed by atoms with E-state index in [9.17, 15) is 8.78 Å². The molecular formula is C16H34F2N2. The van der Waals surface area contributed by atoms with Gasteiger partial charge in [-0.15, -0.1) is 12.3 Å². The molecule has 1 atom stereocenters. The molecule has 1 aliphatic heterocycles. The first-order valence-electron chi connectivity index (χ1n) is 7.84. The van der Waals surface area contributed by atoms with E-state index in [0.717, 1.165) is 32.5 Å². The van der Waals surface area contributed by atoms with Crippen molar-refractivity contribution in [1.29, 1.82) is 0 Å². The van der Waals surface area contributed by atoms with Crippen molar-refractivity contribution in [3.63, 3.8) is 0 Å². The first-order valence-corrected chi connectivity index (χ1v) is 7.84. The molecule has 1 saturated heterocycles. The highest BCUT2D eigenvalue weighted by Gasteiger charge is 2.38. The zero-order valence-electron chi connectivity index (χ0n) is 13.8. The Morgan fingerprint density at radius 1 is 1.30 bits per heavy atom. The molecule has 0 bridgehead atoms. The summed E-state index contributed by atoms with van der Waals surface area (Å²) in [6.45, 7) is 12.5. The van der Waals surface area contributed by atoms with E-state index >= 15 is 0 Å². The lowest BCUT2D eigenvalue weighted by molar-refractivity contribution is 0.0206. The number of hydrogen-bond donors (Lipinski definition) is 1. The quantitative estimate of drug-likeness (QED) is 0.744. The topological polar surface area (TPSA) is 15.3 Å². The van der Waals surface area contributed by atoms with Gasteiger partial charge in [0.05, 0.1) is 6.54 Å². The van der Waals surface area contributed by atoms with Crippen molar-refractivity contribution >= 4 is 0 Å². The largest absolute Gasteiger partial charge is 0.308 e. The summed E-state index contributed by atoms with van der Waals surface area (Å²) in [6.07, 6.45) is 6.67. The molecule has 0 aromatic carbocycles. The van der Waals surface area contributed by atoms with E-state index in [-0.39, 0.29) is 20.4 Å². The van der Waals surface area contributed by atoms with Crippen LogP contribution in [0.5, 0.6) is 0 Å². The molecule has 1 unspecified atom stereocenters. The maximum Gasteiger partial charge on any atom is 0.261 e. The number of alkyl halides is 2. The molecule has 0 amide bonds. The van der Waals surface area contributed by atoms with Gasteiger partial charge in [0.15, 0.2) is 0 Å². The Balaban J connectivity index is -0.000000595. The van der Waals surface area contributed by atoms with Gasteiger partial charge in [0.2, 0.25) is 0 Å². The predicted molar refractivity (Wildman–Crippen MR) is 86.3 cm³/mol. The number of nitrogens with zero attached hydrogens (tertiary/aromatic N) is 1. The van der Waals surface area contributed by atoms with Gasteiger partial charge < -0.3 is 10.2 Å². The molecule has 0 aromatic rings. The molecule has 0 aliphatic carbocycles. The average molecular weight is 292 g/mol. The summed E-state index contributed by atoms with van der Waals surface area (Å²) in [4.78, 5) is 2.21. The van der Waals surface area contributed by atoms with Gasteiger partial charge in [-0.3, -0.25) is 0 Å². The van der Waals surface area contributed by atoms with Crippen LogP contribution in [0.1, 0.15) is 55.3 Å². The van der Waals surface area contributed by atoms with Gasteiger partial charge in [-0.2, -0.15) is 0 Å². The number of halogens is 2. The van der Waals surface area contributed by atoms with Crippen molar-refractivity contribution in [1.82, 2.24) is 10.2 Å². The molecule has 0 saturated carbocycles. The minimum atomic E-state index is -2.51. The standard InChI is InChI=1S/C12H20F2N2.2C2H6.H2/c1-3-5-7-16(4-2)8-6-11-9-12(13,14)10-15-11;2*1-2;/h1,11,15H,4-10H2,2H3;2*1-2H3;1H. The number of nitrogens with one attached hydrogen (secondary N) is 1. The summed E-state index contributed by atoms with van der Waals surface area (Å²) in [7, 11) is 0. The van der Waals surface area contributed by atoms with E-state index in [1.54, 1.807) is 0 Å². The fraction of sp³-hybridized carbons (Fsp3) is 0.875.